The van der Waals surface area contributed by atoms with Gasteiger partial charge in [-0.3, -0.25) is 14.6 Å². The van der Waals surface area contributed by atoms with Crippen molar-refractivity contribution in [2.45, 2.75) is 148 Å². The maximum Gasteiger partial charge on any atom is 0.366 e. The molecule has 0 fully saturated rings. The quantitative estimate of drug-likeness (QED) is 0.0715. The van der Waals surface area contributed by atoms with Gasteiger partial charge in [-0.05, 0) is 19.5 Å². The summed E-state index contributed by atoms with van der Waals surface area (Å²) in [4.78, 5) is 18.9. The fourth-order valence-electron chi connectivity index (χ4n) is 3.35. The van der Waals surface area contributed by atoms with E-state index in [1.165, 1.54) is 122 Å². The molecule has 0 rings (SSSR count). The van der Waals surface area contributed by atoms with Gasteiger partial charge in [-0.1, -0.05) is 122 Å². The Morgan fingerprint density at radius 3 is 1.07 bits per heavy atom. The summed E-state index contributed by atoms with van der Waals surface area (Å²) >= 11 is 0. The van der Waals surface area contributed by atoms with Gasteiger partial charge < -0.3 is 9.90 Å². The lowest BCUT2D eigenvalue weighted by Gasteiger charge is -2.04. The average Bonchev–Trinajstić information content (AvgIpc) is 2.69. The average molecular weight is 449 g/mol. The minimum atomic E-state index is -2.58. The van der Waals surface area contributed by atoms with E-state index < -0.39 is 14.5 Å². The third kappa shape index (κ3) is 35.0. The van der Waals surface area contributed by atoms with Crippen LogP contribution in [-0.2, 0) is 9.37 Å². The van der Waals surface area contributed by atoms with Crippen molar-refractivity contribution in [1.82, 2.24) is 0 Å². The zero-order valence-electron chi connectivity index (χ0n) is 20.3. The van der Waals surface area contributed by atoms with Crippen LogP contribution in [0, 0.1) is 0 Å². The summed E-state index contributed by atoms with van der Waals surface area (Å²) < 4.78 is 3.63. The van der Waals surface area contributed by atoms with Gasteiger partial charge in [0.05, 0.1) is 0 Å². The lowest BCUT2D eigenvalue weighted by atomic mass is 10.0. The second-order valence-electron chi connectivity index (χ2n) is 9.05. The van der Waals surface area contributed by atoms with Gasteiger partial charge in [-0.25, -0.2) is 0 Å². The molecule has 0 saturated carbocycles. The van der Waals surface area contributed by atoms with Crippen LogP contribution in [0.5, 0.6) is 0 Å². The minimum absolute atomic E-state index is 0.346. The van der Waals surface area contributed by atoms with Crippen molar-refractivity contribution in [3.8, 4) is 0 Å². The fraction of sp³-hybridized carbons (Fsp3) is 0.958. The molecule has 0 aromatic rings. The van der Waals surface area contributed by atoms with Gasteiger partial charge in [0.1, 0.15) is 0 Å². The minimum Gasteiger partial charge on any atom is -0.481 e. The zero-order chi connectivity index (χ0) is 22.9. The molecule has 0 radical (unpaired) electrons. The van der Waals surface area contributed by atoms with Crippen molar-refractivity contribution in [3.05, 3.63) is 0 Å². The van der Waals surface area contributed by atoms with Crippen molar-refractivity contribution in [2.24, 2.45) is 0 Å². The molecule has 182 valence electrons. The number of carboxylic acids is 1. The third-order valence-corrected chi connectivity index (χ3v) is 5.66. The van der Waals surface area contributed by atoms with Crippen LogP contribution in [0.3, 0.4) is 0 Å². The predicted molar refractivity (Wildman–Crippen MR) is 129 cm³/mol. The Balaban J connectivity index is 0. The lowest BCUT2D eigenvalue weighted by molar-refractivity contribution is -0.164. The second-order valence-corrected chi connectivity index (χ2v) is 12.1. The molecular weight excluding hydrogens is 396 g/mol. The highest BCUT2D eigenvalue weighted by Gasteiger charge is 2.17. The van der Waals surface area contributed by atoms with E-state index in [4.69, 9.17) is 15.2 Å². The van der Waals surface area contributed by atoms with Crippen LogP contribution in [0.2, 0.25) is 13.1 Å². The number of hydrogen-bond acceptors (Lipinski definition) is 4. The molecule has 3 N–H and O–H groups in total. The molecular formula is C24H52O5Si. The highest BCUT2D eigenvalue weighted by molar-refractivity contribution is 6.62. The molecule has 0 aliphatic carbocycles. The molecule has 0 saturated heterocycles. The summed E-state index contributed by atoms with van der Waals surface area (Å²) in [5.74, 6) is -0.651. The van der Waals surface area contributed by atoms with E-state index in [-0.39, 0.29) is 0 Å². The first kappa shape index (κ1) is 31.8. The molecule has 0 unspecified atom stereocenters. The van der Waals surface area contributed by atoms with Gasteiger partial charge in [0.15, 0.2) is 0 Å². The first-order valence-corrected chi connectivity index (χ1v) is 15.5. The number of carbonyl (C=O) groups is 1. The number of hydrogen-bond donors (Lipinski definition) is 3. The van der Waals surface area contributed by atoms with Crippen molar-refractivity contribution < 1.29 is 24.5 Å². The zero-order valence-corrected chi connectivity index (χ0v) is 21.3. The van der Waals surface area contributed by atoms with Crippen molar-refractivity contribution in [3.63, 3.8) is 0 Å². The van der Waals surface area contributed by atoms with Crippen molar-refractivity contribution in [2.75, 3.05) is 0 Å². The SMILES string of the molecule is CCCCCCCCCCCCCCCCCCCCCC(=O)O.C[Si](C)(O)OO. The van der Waals surface area contributed by atoms with Crippen LogP contribution in [0.15, 0.2) is 0 Å². The van der Waals surface area contributed by atoms with Crippen molar-refractivity contribution in [1.29, 1.82) is 0 Å². The molecule has 5 nitrogen and oxygen atoms in total. The molecule has 6 heteroatoms. The molecule has 0 amide bonds. The fourth-order valence-corrected chi connectivity index (χ4v) is 3.35. The Hall–Kier alpha value is -0.433. The Morgan fingerprint density at radius 1 is 0.633 bits per heavy atom. The molecule has 30 heavy (non-hydrogen) atoms. The summed E-state index contributed by atoms with van der Waals surface area (Å²) in [5, 5.41) is 16.3. The standard InChI is InChI=1S/C22H44O2.C2H8O3Si/c1-2-3-4-5-6-7-8-9-10-11-12-13-14-15-16-17-18-19-20-21-22(23)24;1-6(2,4)5-3/h2-21H2,1H3,(H,23,24);3-4H,1-2H3. The molecule has 0 spiro atoms. The molecule has 0 aliphatic heterocycles. The van der Waals surface area contributed by atoms with Gasteiger partial charge in [0.25, 0.3) is 0 Å². The van der Waals surface area contributed by atoms with Crippen LogP contribution in [0.25, 0.3) is 0 Å². The highest BCUT2D eigenvalue weighted by atomic mass is 28.4. The monoisotopic (exact) mass is 448 g/mol. The van der Waals surface area contributed by atoms with E-state index in [0.717, 1.165) is 12.8 Å². The Morgan fingerprint density at radius 2 is 0.867 bits per heavy atom. The van der Waals surface area contributed by atoms with Gasteiger partial charge in [-0.2, -0.15) is 0 Å². The van der Waals surface area contributed by atoms with E-state index in [1.54, 1.807) is 0 Å². The molecule has 0 heterocycles. The van der Waals surface area contributed by atoms with Gasteiger partial charge >= 0.3 is 14.5 Å². The van der Waals surface area contributed by atoms with Crippen molar-refractivity contribution >= 4 is 14.5 Å². The van der Waals surface area contributed by atoms with E-state index in [0.29, 0.717) is 6.42 Å². The maximum atomic E-state index is 10.4. The molecule has 0 atom stereocenters. The number of unbranched alkanes of at least 4 members (excludes halogenated alkanes) is 18. The van der Waals surface area contributed by atoms with Gasteiger partial charge in [-0.15, -0.1) is 0 Å². The van der Waals surface area contributed by atoms with Gasteiger partial charge in [0.2, 0.25) is 0 Å². The van der Waals surface area contributed by atoms with Crippen LogP contribution in [0.4, 0.5) is 0 Å². The second kappa shape index (κ2) is 24.8. The number of aliphatic carboxylic acids is 1. The largest absolute Gasteiger partial charge is 0.481 e. The van der Waals surface area contributed by atoms with Gasteiger partial charge in [0, 0.05) is 6.42 Å². The molecule has 0 aromatic heterocycles. The molecule has 0 bridgehead atoms. The first-order chi connectivity index (χ1) is 14.3. The maximum absolute atomic E-state index is 10.4. The molecule has 0 aliphatic rings. The van der Waals surface area contributed by atoms with E-state index in [1.807, 2.05) is 0 Å². The lowest BCUT2D eigenvalue weighted by Crippen LogP contribution is -2.27. The third-order valence-electron chi connectivity index (χ3n) is 5.22. The summed E-state index contributed by atoms with van der Waals surface area (Å²) in [6.45, 7) is 5.21. The van der Waals surface area contributed by atoms with E-state index >= 15 is 0 Å². The summed E-state index contributed by atoms with van der Waals surface area (Å²) in [6, 6.07) is 0. The highest BCUT2D eigenvalue weighted by Crippen LogP contribution is 2.14. The first-order valence-electron chi connectivity index (χ1n) is 12.6. The van der Waals surface area contributed by atoms with E-state index in [9.17, 15) is 4.79 Å². The summed E-state index contributed by atoms with van der Waals surface area (Å²) in [5.41, 5.74) is 0. The smallest absolute Gasteiger partial charge is 0.366 e. The van der Waals surface area contributed by atoms with E-state index in [2.05, 4.69) is 11.5 Å². The molecule has 0 aromatic carbocycles. The van der Waals surface area contributed by atoms with Crippen LogP contribution in [0.1, 0.15) is 135 Å². The normalized spacial score (nSPS) is 11.2. The Labute approximate surface area is 187 Å². The Bertz CT molecular complexity index is 345. The summed E-state index contributed by atoms with van der Waals surface area (Å²) in [6.07, 6.45) is 26.1. The summed E-state index contributed by atoms with van der Waals surface area (Å²) in [7, 11) is -2.58. The number of rotatable bonds is 21. The predicted octanol–water partition coefficient (Wildman–Crippen LogP) is 8.06. The Kier molecular flexibility index (Phi) is 26.3. The van der Waals surface area contributed by atoms with Crippen LogP contribution >= 0.6 is 0 Å². The van der Waals surface area contributed by atoms with Crippen LogP contribution < -0.4 is 0 Å². The number of carboxylic acid groups (broad SMARTS) is 1. The van der Waals surface area contributed by atoms with Crippen LogP contribution in [-0.4, -0.2) is 29.7 Å². The topological polar surface area (TPSA) is 87.0 Å².